The molecule has 0 aliphatic carbocycles. The second-order valence-corrected chi connectivity index (χ2v) is 4.88. The van der Waals surface area contributed by atoms with E-state index in [2.05, 4.69) is 47.8 Å². The van der Waals surface area contributed by atoms with Crippen molar-refractivity contribution in [1.29, 1.82) is 0 Å². The van der Waals surface area contributed by atoms with Crippen molar-refractivity contribution >= 4 is 10.8 Å². The molecular formula is C17H23NO. The quantitative estimate of drug-likeness (QED) is 0.732. The average molecular weight is 257 g/mol. The second kappa shape index (κ2) is 7.93. The van der Waals surface area contributed by atoms with Crippen molar-refractivity contribution in [3.63, 3.8) is 0 Å². The first-order valence-electron chi connectivity index (χ1n) is 7.07. The lowest BCUT2D eigenvalue weighted by molar-refractivity contribution is 0.199. The van der Waals surface area contributed by atoms with E-state index in [0.29, 0.717) is 0 Å². The van der Waals surface area contributed by atoms with Gasteiger partial charge in [0.05, 0.1) is 6.61 Å². The predicted octanol–water partition coefficient (Wildman–Crippen LogP) is 3.40. The molecule has 0 heterocycles. The largest absolute Gasteiger partial charge is 0.383 e. The molecule has 2 rings (SSSR count). The molecule has 1 N–H and O–H groups in total. The van der Waals surface area contributed by atoms with Gasteiger partial charge in [0.25, 0.3) is 0 Å². The fourth-order valence-corrected chi connectivity index (χ4v) is 2.27. The summed E-state index contributed by atoms with van der Waals surface area (Å²) >= 11 is 0. The Morgan fingerprint density at radius 2 is 1.79 bits per heavy atom. The summed E-state index contributed by atoms with van der Waals surface area (Å²) < 4.78 is 5.00. The number of fused-ring (bicyclic) bond motifs is 1. The maximum Gasteiger partial charge on any atom is 0.0587 e. The van der Waals surface area contributed by atoms with E-state index >= 15 is 0 Å². The third kappa shape index (κ3) is 4.66. The van der Waals surface area contributed by atoms with E-state index in [-0.39, 0.29) is 0 Å². The van der Waals surface area contributed by atoms with Crippen LogP contribution in [0.25, 0.3) is 10.8 Å². The molecule has 0 unspecified atom stereocenters. The molecule has 0 amide bonds. The number of unbranched alkanes of at least 4 members (excludes halogenated alkanes) is 1. The minimum atomic E-state index is 0.796. The maximum absolute atomic E-state index is 5.00. The van der Waals surface area contributed by atoms with Gasteiger partial charge in [-0.25, -0.2) is 0 Å². The van der Waals surface area contributed by atoms with Gasteiger partial charge in [0.15, 0.2) is 0 Å². The number of aryl methyl sites for hydroxylation is 1. The molecule has 0 fully saturated rings. The molecule has 0 saturated carbocycles. The van der Waals surface area contributed by atoms with E-state index in [9.17, 15) is 0 Å². The minimum absolute atomic E-state index is 0.796. The summed E-state index contributed by atoms with van der Waals surface area (Å²) in [5.74, 6) is 0. The summed E-state index contributed by atoms with van der Waals surface area (Å²) in [6.07, 6.45) is 3.62. The zero-order chi connectivity index (χ0) is 13.3. The van der Waals surface area contributed by atoms with Crippen molar-refractivity contribution in [2.45, 2.75) is 19.3 Å². The first-order chi connectivity index (χ1) is 9.40. The Balaban J connectivity index is 1.72. The molecule has 0 aliphatic heterocycles. The number of benzene rings is 2. The van der Waals surface area contributed by atoms with Crippen LogP contribution in [0, 0.1) is 0 Å². The van der Waals surface area contributed by atoms with Crippen molar-refractivity contribution in [1.82, 2.24) is 5.32 Å². The van der Waals surface area contributed by atoms with Crippen LogP contribution < -0.4 is 5.32 Å². The summed E-state index contributed by atoms with van der Waals surface area (Å²) in [7, 11) is 1.74. The monoisotopic (exact) mass is 257 g/mol. The second-order valence-electron chi connectivity index (χ2n) is 4.88. The third-order valence-corrected chi connectivity index (χ3v) is 3.37. The lowest BCUT2D eigenvalue weighted by Crippen LogP contribution is -2.20. The normalized spacial score (nSPS) is 11.0. The Bertz CT molecular complexity index is 495. The molecule has 0 saturated heterocycles. The van der Waals surface area contributed by atoms with Crippen LogP contribution in [-0.2, 0) is 11.2 Å². The van der Waals surface area contributed by atoms with Crippen molar-refractivity contribution < 1.29 is 4.74 Å². The van der Waals surface area contributed by atoms with E-state index in [1.165, 1.54) is 29.2 Å². The minimum Gasteiger partial charge on any atom is -0.383 e. The molecule has 0 aliphatic rings. The van der Waals surface area contributed by atoms with Gasteiger partial charge in [0, 0.05) is 13.7 Å². The van der Waals surface area contributed by atoms with Crippen LogP contribution in [0.5, 0.6) is 0 Å². The van der Waals surface area contributed by atoms with E-state index < -0.39 is 0 Å². The predicted molar refractivity (Wildman–Crippen MR) is 81.6 cm³/mol. The van der Waals surface area contributed by atoms with Gasteiger partial charge < -0.3 is 10.1 Å². The van der Waals surface area contributed by atoms with E-state index in [4.69, 9.17) is 4.74 Å². The van der Waals surface area contributed by atoms with E-state index in [1.54, 1.807) is 7.11 Å². The Morgan fingerprint density at radius 1 is 0.947 bits per heavy atom. The Morgan fingerprint density at radius 3 is 2.63 bits per heavy atom. The zero-order valence-corrected chi connectivity index (χ0v) is 11.7. The van der Waals surface area contributed by atoms with E-state index in [1.807, 2.05) is 0 Å². The molecule has 2 nitrogen and oxygen atoms in total. The average Bonchev–Trinajstić information content (AvgIpc) is 2.46. The Kier molecular flexibility index (Phi) is 5.86. The van der Waals surface area contributed by atoms with Crippen LogP contribution in [0.1, 0.15) is 18.4 Å². The molecule has 0 radical (unpaired) electrons. The highest BCUT2D eigenvalue weighted by Gasteiger charge is 1.96. The first-order valence-corrected chi connectivity index (χ1v) is 7.07. The smallest absolute Gasteiger partial charge is 0.0587 e. The van der Waals surface area contributed by atoms with Gasteiger partial charge in [-0.3, -0.25) is 0 Å². The molecule has 0 atom stereocenters. The SMILES string of the molecule is COCCNCCCCc1ccc2ccccc2c1. The molecule has 102 valence electrons. The number of nitrogens with one attached hydrogen (secondary N) is 1. The number of hydrogen-bond donors (Lipinski definition) is 1. The van der Waals surface area contributed by atoms with Gasteiger partial charge in [-0.2, -0.15) is 0 Å². The van der Waals surface area contributed by atoms with Gasteiger partial charge in [0.2, 0.25) is 0 Å². The van der Waals surface area contributed by atoms with Crippen molar-refractivity contribution in [2.75, 3.05) is 26.8 Å². The molecule has 2 aromatic rings. The summed E-state index contributed by atoms with van der Waals surface area (Å²) in [5, 5.41) is 6.05. The van der Waals surface area contributed by atoms with Crippen LogP contribution in [-0.4, -0.2) is 26.8 Å². The van der Waals surface area contributed by atoms with Gasteiger partial charge in [0.1, 0.15) is 0 Å². The third-order valence-electron chi connectivity index (χ3n) is 3.37. The van der Waals surface area contributed by atoms with Crippen molar-refractivity contribution in [3.8, 4) is 0 Å². The molecule has 0 bridgehead atoms. The van der Waals surface area contributed by atoms with Crippen molar-refractivity contribution in [3.05, 3.63) is 48.0 Å². The van der Waals surface area contributed by atoms with Crippen LogP contribution >= 0.6 is 0 Å². The zero-order valence-electron chi connectivity index (χ0n) is 11.7. The highest BCUT2D eigenvalue weighted by molar-refractivity contribution is 5.82. The van der Waals surface area contributed by atoms with Crippen LogP contribution in [0.15, 0.2) is 42.5 Å². The topological polar surface area (TPSA) is 21.3 Å². The standard InChI is InChI=1S/C17H23NO/c1-19-13-12-18-11-5-4-6-15-9-10-16-7-2-3-8-17(16)14-15/h2-3,7-10,14,18H,4-6,11-13H2,1H3. The number of hydrogen-bond acceptors (Lipinski definition) is 2. The Labute approximate surface area is 115 Å². The van der Waals surface area contributed by atoms with Gasteiger partial charge in [-0.1, -0.05) is 42.5 Å². The fourth-order valence-electron chi connectivity index (χ4n) is 2.27. The number of ether oxygens (including phenoxy) is 1. The number of rotatable bonds is 8. The summed E-state index contributed by atoms with van der Waals surface area (Å²) in [5.41, 5.74) is 1.44. The van der Waals surface area contributed by atoms with Crippen LogP contribution in [0.2, 0.25) is 0 Å². The summed E-state index contributed by atoms with van der Waals surface area (Å²) in [6.45, 7) is 2.83. The van der Waals surface area contributed by atoms with Gasteiger partial charge >= 0.3 is 0 Å². The maximum atomic E-state index is 5.00. The van der Waals surface area contributed by atoms with Crippen molar-refractivity contribution in [2.24, 2.45) is 0 Å². The van der Waals surface area contributed by atoms with Gasteiger partial charge in [-0.05, 0) is 42.1 Å². The summed E-state index contributed by atoms with van der Waals surface area (Å²) in [4.78, 5) is 0. The molecule has 2 heteroatoms. The lowest BCUT2D eigenvalue weighted by atomic mass is 10.0. The molecule has 19 heavy (non-hydrogen) atoms. The first kappa shape index (κ1) is 14.0. The van der Waals surface area contributed by atoms with Crippen LogP contribution in [0.3, 0.4) is 0 Å². The highest BCUT2D eigenvalue weighted by atomic mass is 16.5. The van der Waals surface area contributed by atoms with Gasteiger partial charge in [-0.15, -0.1) is 0 Å². The molecule has 0 aromatic heterocycles. The Hall–Kier alpha value is -1.38. The molecular weight excluding hydrogens is 234 g/mol. The lowest BCUT2D eigenvalue weighted by Gasteiger charge is -2.05. The fraction of sp³-hybridized carbons (Fsp3) is 0.412. The summed E-state index contributed by atoms with van der Waals surface area (Å²) in [6, 6.07) is 15.3. The molecule has 0 spiro atoms. The number of methoxy groups -OCH3 is 1. The van der Waals surface area contributed by atoms with Crippen LogP contribution in [0.4, 0.5) is 0 Å². The van der Waals surface area contributed by atoms with E-state index in [0.717, 1.165) is 26.1 Å². The highest BCUT2D eigenvalue weighted by Crippen LogP contribution is 2.16. The molecule has 2 aromatic carbocycles.